The van der Waals surface area contributed by atoms with E-state index < -0.39 is 0 Å². The van der Waals surface area contributed by atoms with Gasteiger partial charge in [0.25, 0.3) is 0 Å². The van der Waals surface area contributed by atoms with E-state index in [-0.39, 0.29) is 0 Å². The third-order valence-electron chi connectivity index (χ3n) is 3.59. The minimum atomic E-state index is 0.731. The average Bonchev–Trinajstić information content (AvgIpc) is 2.94. The standard InChI is InChI=1S/C15H18N2O/c1-2-6-14(15-17-8-9-18-15)13(5-1)10-12-4-3-7-16-11-12/h1-2,5-6,8-9,12,16H,3-4,7,10-11H2. The minimum absolute atomic E-state index is 0.731. The monoisotopic (exact) mass is 242 g/mol. The lowest BCUT2D eigenvalue weighted by Crippen LogP contribution is -2.30. The molecular weight excluding hydrogens is 224 g/mol. The van der Waals surface area contributed by atoms with E-state index in [1.165, 1.54) is 18.4 Å². The first-order valence-corrected chi connectivity index (χ1v) is 6.62. The van der Waals surface area contributed by atoms with Gasteiger partial charge in [0.2, 0.25) is 5.89 Å². The van der Waals surface area contributed by atoms with Crippen LogP contribution in [0.1, 0.15) is 18.4 Å². The van der Waals surface area contributed by atoms with Crippen LogP contribution < -0.4 is 5.32 Å². The fourth-order valence-electron chi connectivity index (χ4n) is 2.67. The molecule has 1 unspecified atom stereocenters. The summed E-state index contributed by atoms with van der Waals surface area (Å²) in [4.78, 5) is 4.26. The van der Waals surface area contributed by atoms with E-state index in [0.717, 1.165) is 36.9 Å². The molecule has 3 rings (SSSR count). The minimum Gasteiger partial charge on any atom is -0.445 e. The lowest BCUT2D eigenvalue weighted by Gasteiger charge is -2.23. The van der Waals surface area contributed by atoms with Gasteiger partial charge in [0.15, 0.2) is 0 Å². The van der Waals surface area contributed by atoms with Gasteiger partial charge in [0, 0.05) is 5.56 Å². The Balaban J connectivity index is 1.83. The number of aromatic nitrogens is 1. The third-order valence-corrected chi connectivity index (χ3v) is 3.59. The van der Waals surface area contributed by atoms with Crippen LogP contribution >= 0.6 is 0 Å². The van der Waals surface area contributed by atoms with Crippen molar-refractivity contribution in [3.05, 3.63) is 42.3 Å². The van der Waals surface area contributed by atoms with Gasteiger partial charge < -0.3 is 9.73 Å². The zero-order valence-corrected chi connectivity index (χ0v) is 10.4. The summed E-state index contributed by atoms with van der Waals surface area (Å²) in [5.41, 5.74) is 2.47. The second-order valence-corrected chi connectivity index (χ2v) is 4.91. The predicted octanol–water partition coefficient (Wildman–Crippen LogP) is 2.88. The van der Waals surface area contributed by atoms with Crippen molar-refractivity contribution in [1.29, 1.82) is 0 Å². The highest BCUT2D eigenvalue weighted by Crippen LogP contribution is 2.26. The van der Waals surface area contributed by atoms with E-state index in [1.54, 1.807) is 12.5 Å². The van der Waals surface area contributed by atoms with Crippen molar-refractivity contribution in [2.24, 2.45) is 5.92 Å². The fourth-order valence-corrected chi connectivity index (χ4v) is 2.67. The van der Waals surface area contributed by atoms with Crippen molar-refractivity contribution in [2.75, 3.05) is 13.1 Å². The smallest absolute Gasteiger partial charge is 0.226 e. The van der Waals surface area contributed by atoms with Crippen LogP contribution in [0.2, 0.25) is 0 Å². The number of hydrogen-bond acceptors (Lipinski definition) is 3. The first-order valence-electron chi connectivity index (χ1n) is 6.62. The van der Waals surface area contributed by atoms with Gasteiger partial charge in [0.05, 0.1) is 6.20 Å². The Morgan fingerprint density at radius 3 is 3.06 bits per heavy atom. The van der Waals surface area contributed by atoms with Gasteiger partial charge >= 0.3 is 0 Å². The summed E-state index contributed by atoms with van der Waals surface area (Å²) in [6.07, 6.45) is 7.03. The van der Waals surface area contributed by atoms with Gasteiger partial charge in [0.1, 0.15) is 6.26 Å². The molecule has 0 saturated carbocycles. The molecule has 18 heavy (non-hydrogen) atoms. The summed E-state index contributed by atoms with van der Waals surface area (Å²) in [5.74, 6) is 1.46. The number of rotatable bonds is 3. The topological polar surface area (TPSA) is 38.1 Å². The third kappa shape index (κ3) is 2.46. The van der Waals surface area contributed by atoms with E-state index in [2.05, 4.69) is 28.5 Å². The van der Waals surface area contributed by atoms with Crippen molar-refractivity contribution >= 4 is 0 Å². The predicted molar refractivity (Wildman–Crippen MR) is 71.2 cm³/mol. The largest absolute Gasteiger partial charge is 0.445 e. The van der Waals surface area contributed by atoms with Crippen LogP contribution in [0, 0.1) is 5.92 Å². The van der Waals surface area contributed by atoms with Crippen molar-refractivity contribution in [1.82, 2.24) is 10.3 Å². The van der Waals surface area contributed by atoms with Crippen LogP contribution in [-0.2, 0) is 6.42 Å². The summed E-state index contributed by atoms with van der Waals surface area (Å²) >= 11 is 0. The number of benzene rings is 1. The Labute approximate surface area is 107 Å². The van der Waals surface area contributed by atoms with E-state index in [4.69, 9.17) is 4.42 Å². The van der Waals surface area contributed by atoms with Crippen molar-refractivity contribution in [3.8, 4) is 11.5 Å². The maximum absolute atomic E-state index is 5.42. The molecule has 0 radical (unpaired) electrons. The molecule has 1 saturated heterocycles. The highest BCUT2D eigenvalue weighted by molar-refractivity contribution is 5.58. The second kappa shape index (κ2) is 5.36. The van der Waals surface area contributed by atoms with Gasteiger partial charge in [-0.25, -0.2) is 4.98 Å². The molecule has 94 valence electrons. The molecule has 3 nitrogen and oxygen atoms in total. The number of nitrogens with one attached hydrogen (secondary N) is 1. The number of hydrogen-bond donors (Lipinski definition) is 1. The van der Waals surface area contributed by atoms with Crippen molar-refractivity contribution in [3.63, 3.8) is 0 Å². The van der Waals surface area contributed by atoms with Crippen LogP contribution in [0.4, 0.5) is 0 Å². The summed E-state index contributed by atoms with van der Waals surface area (Å²) < 4.78 is 5.42. The lowest BCUT2D eigenvalue weighted by molar-refractivity contribution is 0.376. The highest BCUT2D eigenvalue weighted by atomic mass is 16.3. The van der Waals surface area contributed by atoms with Gasteiger partial charge in [-0.1, -0.05) is 18.2 Å². The molecule has 2 heterocycles. The highest BCUT2D eigenvalue weighted by Gasteiger charge is 2.16. The molecule has 1 aliphatic heterocycles. The summed E-state index contributed by atoms with van der Waals surface area (Å²) in [5, 5.41) is 3.47. The van der Waals surface area contributed by atoms with E-state index in [0.29, 0.717) is 0 Å². The average molecular weight is 242 g/mol. The molecule has 1 N–H and O–H groups in total. The number of oxazole rings is 1. The van der Waals surface area contributed by atoms with E-state index >= 15 is 0 Å². The number of piperidine rings is 1. The molecule has 1 aromatic carbocycles. The lowest BCUT2D eigenvalue weighted by atomic mass is 9.90. The van der Waals surface area contributed by atoms with Gasteiger partial charge in [-0.15, -0.1) is 0 Å². The van der Waals surface area contributed by atoms with Gasteiger partial charge in [-0.05, 0) is 49.9 Å². The summed E-state index contributed by atoms with van der Waals surface area (Å²) in [6, 6.07) is 8.42. The fraction of sp³-hybridized carbons (Fsp3) is 0.400. The SMILES string of the molecule is c1ccc(-c2ncco2)c(CC2CCCNC2)c1. The molecule has 1 fully saturated rings. The first-order chi connectivity index (χ1) is 8.93. The summed E-state index contributed by atoms with van der Waals surface area (Å²) in [6.45, 7) is 2.29. The molecule has 0 aliphatic carbocycles. The quantitative estimate of drug-likeness (QED) is 0.899. The van der Waals surface area contributed by atoms with Crippen LogP contribution in [0.5, 0.6) is 0 Å². The molecule has 0 spiro atoms. The first kappa shape index (κ1) is 11.5. The van der Waals surface area contributed by atoms with E-state index in [1.807, 2.05) is 6.07 Å². The zero-order valence-electron chi connectivity index (χ0n) is 10.4. The molecule has 1 aromatic heterocycles. The molecule has 1 aliphatic rings. The van der Waals surface area contributed by atoms with Crippen LogP contribution in [-0.4, -0.2) is 18.1 Å². The summed E-state index contributed by atoms with van der Waals surface area (Å²) in [7, 11) is 0. The maximum Gasteiger partial charge on any atom is 0.226 e. The maximum atomic E-state index is 5.42. The molecule has 3 heteroatoms. The Hall–Kier alpha value is -1.61. The molecule has 1 atom stereocenters. The zero-order chi connectivity index (χ0) is 12.2. The van der Waals surface area contributed by atoms with Gasteiger partial charge in [-0.3, -0.25) is 0 Å². The van der Waals surface area contributed by atoms with Crippen LogP contribution in [0.3, 0.4) is 0 Å². The van der Waals surface area contributed by atoms with Gasteiger partial charge in [-0.2, -0.15) is 0 Å². The van der Waals surface area contributed by atoms with Crippen molar-refractivity contribution < 1.29 is 4.42 Å². The van der Waals surface area contributed by atoms with Crippen LogP contribution in [0.15, 0.2) is 41.1 Å². The Bertz CT molecular complexity index is 487. The van der Waals surface area contributed by atoms with E-state index in [9.17, 15) is 0 Å². The van der Waals surface area contributed by atoms with Crippen LogP contribution in [0.25, 0.3) is 11.5 Å². The Morgan fingerprint density at radius 1 is 1.33 bits per heavy atom. The molecular formula is C15H18N2O. The molecule has 0 bridgehead atoms. The second-order valence-electron chi connectivity index (χ2n) is 4.91. The molecule has 0 amide bonds. The Morgan fingerprint density at radius 2 is 2.28 bits per heavy atom. The Kier molecular flexibility index (Phi) is 3.42. The van der Waals surface area contributed by atoms with Crippen molar-refractivity contribution in [2.45, 2.75) is 19.3 Å². The number of nitrogens with zero attached hydrogens (tertiary/aromatic N) is 1. The molecule has 2 aromatic rings. The normalized spacial score (nSPS) is 19.9.